The molecule has 0 spiro atoms. The molecule has 5 heteroatoms. The lowest BCUT2D eigenvalue weighted by Gasteiger charge is -2.14. The second-order valence-electron chi connectivity index (χ2n) is 3.82. The van der Waals surface area contributed by atoms with E-state index in [0.717, 1.165) is 17.1 Å². The number of hydrogen-bond acceptors (Lipinski definition) is 3. The van der Waals surface area contributed by atoms with E-state index in [2.05, 4.69) is 16.9 Å². The lowest BCUT2D eigenvalue weighted by atomic mass is 10.3. The zero-order chi connectivity index (χ0) is 12.3. The van der Waals surface area contributed by atoms with Crippen LogP contribution in [0, 0.1) is 0 Å². The predicted molar refractivity (Wildman–Crippen MR) is 68.1 cm³/mol. The Morgan fingerprint density at radius 2 is 2.35 bits per heavy atom. The number of hydrogen-bond donors (Lipinski definition) is 1. The molecule has 0 radical (unpaired) electrons. The molecule has 0 saturated heterocycles. The number of imidazole rings is 1. The molecule has 4 nitrogen and oxygen atoms in total. The van der Waals surface area contributed by atoms with Gasteiger partial charge in [0.15, 0.2) is 0 Å². The van der Waals surface area contributed by atoms with Crippen molar-refractivity contribution < 1.29 is 4.79 Å². The molecule has 2 aromatic heterocycles. The van der Waals surface area contributed by atoms with Crippen molar-refractivity contribution in [1.82, 2.24) is 14.9 Å². The number of aromatic amines is 1. The summed E-state index contributed by atoms with van der Waals surface area (Å²) in [6.45, 7) is 2.60. The van der Waals surface area contributed by atoms with Crippen molar-refractivity contribution in [2.24, 2.45) is 0 Å². The lowest BCUT2D eigenvalue weighted by Crippen LogP contribution is -2.25. The van der Waals surface area contributed by atoms with Gasteiger partial charge in [0, 0.05) is 24.3 Å². The summed E-state index contributed by atoms with van der Waals surface area (Å²) in [4.78, 5) is 22.9. The van der Waals surface area contributed by atoms with Crippen LogP contribution in [0.15, 0.2) is 24.5 Å². The second-order valence-corrected chi connectivity index (χ2v) is 4.98. The number of nitrogens with one attached hydrogen (secondary N) is 1. The van der Waals surface area contributed by atoms with Crippen molar-refractivity contribution in [3.63, 3.8) is 0 Å². The van der Waals surface area contributed by atoms with Gasteiger partial charge >= 0.3 is 0 Å². The van der Waals surface area contributed by atoms with Crippen LogP contribution in [-0.4, -0.2) is 27.8 Å². The minimum atomic E-state index is 0.0473. The van der Waals surface area contributed by atoms with Crippen LogP contribution in [0.25, 0.3) is 0 Å². The molecule has 0 aromatic carbocycles. The largest absolute Gasteiger partial charge is 0.347 e. The number of H-pyrrole nitrogens is 1. The first-order valence-electron chi connectivity index (χ1n) is 5.53. The quantitative estimate of drug-likeness (QED) is 0.904. The monoisotopic (exact) mass is 249 g/mol. The van der Waals surface area contributed by atoms with Crippen LogP contribution >= 0.6 is 11.3 Å². The van der Waals surface area contributed by atoms with Gasteiger partial charge in [0.25, 0.3) is 5.91 Å². The molecule has 1 N–H and O–H groups in total. The maximum absolute atomic E-state index is 12.1. The third kappa shape index (κ3) is 2.74. The van der Waals surface area contributed by atoms with Gasteiger partial charge in [0.2, 0.25) is 0 Å². The van der Waals surface area contributed by atoms with Gasteiger partial charge in [-0.05, 0) is 18.6 Å². The van der Waals surface area contributed by atoms with E-state index in [1.165, 1.54) is 4.88 Å². The highest BCUT2D eigenvalue weighted by molar-refractivity contribution is 7.14. The van der Waals surface area contributed by atoms with Crippen LogP contribution in [0.5, 0.6) is 0 Å². The van der Waals surface area contributed by atoms with E-state index < -0.39 is 0 Å². The summed E-state index contributed by atoms with van der Waals surface area (Å²) >= 11 is 1.56. The molecule has 0 bridgehead atoms. The van der Waals surface area contributed by atoms with Crippen molar-refractivity contribution in [3.05, 3.63) is 40.1 Å². The normalized spacial score (nSPS) is 10.5. The van der Waals surface area contributed by atoms with Gasteiger partial charge < -0.3 is 9.88 Å². The Kier molecular flexibility index (Phi) is 3.58. The summed E-state index contributed by atoms with van der Waals surface area (Å²) in [5.41, 5.74) is 0. The van der Waals surface area contributed by atoms with Gasteiger partial charge in [-0.3, -0.25) is 4.79 Å². The van der Waals surface area contributed by atoms with Gasteiger partial charge in [-0.1, -0.05) is 6.92 Å². The topological polar surface area (TPSA) is 49.0 Å². The number of carbonyl (C=O) groups is 1. The highest BCUT2D eigenvalue weighted by atomic mass is 32.1. The van der Waals surface area contributed by atoms with Crippen molar-refractivity contribution in [3.8, 4) is 0 Å². The average molecular weight is 249 g/mol. The molecule has 1 amide bonds. The fraction of sp³-hybridized carbons (Fsp3) is 0.333. The predicted octanol–water partition coefficient (Wildman–Crippen LogP) is 2.31. The Labute approximate surface area is 104 Å². The molecule has 90 valence electrons. The molecular formula is C12H15N3OS. The van der Waals surface area contributed by atoms with Crippen molar-refractivity contribution in [1.29, 1.82) is 0 Å². The van der Waals surface area contributed by atoms with Crippen LogP contribution in [0.2, 0.25) is 0 Å². The first-order chi connectivity index (χ1) is 8.20. The molecule has 2 rings (SSSR count). The molecule has 2 aromatic rings. The SMILES string of the molecule is CCc1ccc(C(=O)N(C)Cc2ncc[nH]2)s1. The highest BCUT2D eigenvalue weighted by Gasteiger charge is 2.14. The lowest BCUT2D eigenvalue weighted by molar-refractivity contribution is 0.0786. The van der Waals surface area contributed by atoms with Crippen LogP contribution in [0.3, 0.4) is 0 Å². The molecule has 0 saturated carbocycles. The maximum atomic E-state index is 12.1. The summed E-state index contributed by atoms with van der Waals surface area (Å²) in [6.07, 6.45) is 4.42. The zero-order valence-corrected chi connectivity index (χ0v) is 10.8. The Hall–Kier alpha value is -1.62. The minimum absolute atomic E-state index is 0.0473. The van der Waals surface area contributed by atoms with Crippen LogP contribution in [0.4, 0.5) is 0 Å². The maximum Gasteiger partial charge on any atom is 0.264 e. The van der Waals surface area contributed by atoms with E-state index in [9.17, 15) is 4.79 Å². The number of aromatic nitrogens is 2. The molecule has 0 fully saturated rings. The summed E-state index contributed by atoms with van der Waals surface area (Å²) in [5, 5.41) is 0. The summed E-state index contributed by atoms with van der Waals surface area (Å²) < 4.78 is 0. The van der Waals surface area contributed by atoms with Crippen LogP contribution < -0.4 is 0 Å². The Morgan fingerprint density at radius 3 is 2.94 bits per heavy atom. The Bertz CT molecular complexity index is 490. The van der Waals surface area contributed by atoms with Crippen molar-refractivity contribution >= 4 is 17.2 Å². The molecule has 0 aliphatic heterocycles. The van der Waals surface area contributed by atoms with Crippen LogP contribution in [-0.2, 0) is 13.0 Å². The zero-order valence-electron chi connectivity index (χ0n) is 9.93. The van der Waals surface area contributed by atoms with Crippen LogP contribution in [0.1, 0.15) is 27.3 Å². The molecule has 0 atom stereocenters. The summed E-state index contributed by atoms with van der Waals surface area (Å²) in [5.74, 6) is 0.847. The van der Waals surface area contributed by atoms with Crippen molar-refractivity contribution in [2.75, 3.05) is 7.05 Å². The summed E-state index contributed by atoms with van der Waals surface area (Å²) in [6, 6.07) is 3.91. The molecule has 2 heterocycles. The second kappa shape index (κ2) is 5.14. The van der Waals surface area contributed by atoms with E-state index in [0.29, 0.717) is 6.54 Å². The standard InChI is InChI=1S/C12H15N3OS/c1-3-9-4-5-10(17-9)12(16)15(2)8-11-13-6-7-14-11/h4-7H,3,8H2,1-2H3,(H,13,14). The first kappa shape index (κ1) is 11.9. The van der Waals surface area contributed by atoms with Gasteiger partial charge in [-0.25, -0.2) is 4.98 Å². The fourth-order valence-electron chi connectivity index (χ4n) is 1.55. The van der Waals surface area contributed by atoms with Gasteiger partial charge in [0.1, 0.15) is 5.82 Å². The minimum Gasteiger partial charge on any atom is -0.347 e. The number of carbonyl (C=O) groups excluding carboxylic acids is 1. The van der Waals surface area contributed by atoms with Gasteiger partial charge in [0.05, 0.1) is 11.4 Å². The number of rotatable bonds is 4. The number of amides is 1. The molecule has 0 unspecified atom stereocenters. The van der Waals surface area contributed by atoms with Gasteiger partial charge in [-0.2, -0.15) is 0 Å². The molecule has 0 aliphatic carbocycles. The van der Waals surface area contributed by atoms with E-state index in [1.54, 1.807) is 35.7 Å². The number of nitrogens with zero attached hydrogens (tertiary/aromatic N) is 2. The third-order valence-corrected chi connectivity index (χ3v) is 3.73. The van der Waals surface area contributed by atoms with E-state index in [1.807, 2.05) is 12.1 Å². The fourth-order valence-corrected chi connectivity index (χ4v) is 2.49. The van der Waals surface area contributed by atoms with Crippen molar-refractivity contribution in [2.45, 2.75) is 19.9 Å². The van der Waals surface area contributed by atoms with Gasteiger partial charge in [-0.15, -0.1) is 11.3 Å². The highest BCUT2D eigenvalue weighted by Crippen LogP contribution is 2.18. The Morgan fingerprint density at radius 1 is 1.53 bits per heavy atom. The third-order valence-electron chi connectivity index (χ3n) is 2.51. The Balaban J connectivity index is 2.04. The first-order valence-corrected chi connectivity index (χ1v) is 6.34. The molecule has 0 aliphatic rings. The smallest absolute Gasteiger partial charge is 0.264 e. The number of aryl methyl sites for hydroxylation is 1. The summed E-state index contributed by atoms with van der Waals surface area (Å²) in [7, 11) is 1.79. The molecule has 17 heavy (non-hydrogen) atoms. The number of thiophene rings is 1. The molecular weight excluding hydrogens is 234 g/mol. The van der Waals surface area contributed by atoms with E-state index in [4.69, 9.17) is 0 Å². The van der Waals surface area contributed by atoms with E-state index in [-0.39, 0.29) is 5.91 Å². The average Bonchev–Trinajstić information content (AvgIpc) is 2.98. The van der Waals surface area contributed by atoms with E-state index >= 15 is 0 Å².